The summed E-state index contributed by atoms with van der Waals surface area (Å²) in [6.45, 7) is 3.28. The van der Waals surface area contributed by atoms with Crippen molar-refractivity contribution in [1.82, 2.24) is 10.6 Å². The Labute approximate surface area is 79.6 Å². The lowest BCUT2D eigenvalue weighted by atomic mass is 10.0. The molecule has 0 aromatic rings. The number of allylic oxidation sites excluding steroid dienone is 1. The molecule has 3 nitrogen and oxygen atoms in total. The standard InChI is InChI=1S/C10H18N2O/c1-2-11-8-10(13)12-9-6-4-3-5-7-9/h3-4,9,11H,2,5-8H2,1H3,(H,12,13). The third-order valence-corrected chi connectivity index (χ3v) is 2.17. The predicted molar refractivity (Wildman–Crippen MR) is 53.5 cm³/mol. The molecular formula is C10H18N2O. The van der Waals surface area contributed by atoms with Gasteiger partial charge in [0, 0.05) is 6.04 Å². The summed E-state index contributed by atoms with van der Waals surface area (Å²) in [5, 5.41) is 6.01. The summed E-state index contributed by atoms with van der Waals surface area (Å²) in [5.74, 6) is 0.113. The average Bonchev–Trinajstić information content (AvgIpc) is 2.16. The summed E-state index contributed by atoms with van der Waals surface area (Å²) in [6.07, 6.45) is 7.47. The van der Waals surface area contributed by atoms with E-state index in [0.29, 0.717) is 12.6 Å². The van der Waals surface area contributed by atoms with E-state index in [1.54, 1.807) is 0 Å². The zero-order valence-electron chi connectivity index (χ0n) is 8.18. The molecule has 0 bridgehead atoms. The molecule has 0 saturated heterocycles. The molecule has 1 aliphatic carbocycles. The van der Waals surface area contributed by atoms with Crippen LogP contribution in [0, 0.1) is 0 Å². The zero-order valence-corrected chi connectivity index (χ0v) is 8.18. The van der Waals surface area contributed by atoms with Gasteiger partial charge in [-0.25, -0.2) is 0 Å². The van der Waals surface area contributed by atoms with Crippen LogP contribution < -0.4 is 10.6 Å². The number of hydrogen-bond donors (Lipinski definition) is 2. The Morgan fingerprint density at radius 1 is 1.54 bits per heavy atom. The fraction of sp³-hybridized carbons (Fsp3) is 0.700. The second kappa shape index (κ2) is 5.75. The normalized spacial score (nSPS) is 21.5. The molecule has 0 heterocycles. The van der Waals surface area contributed by atoms with E-state index < -0.39 is 0 Å². The van der Waals surface area contributed by atoms with E-state index in [9.17, 15) is 4.79 Å². The van der Waals surface area contributed by atoms with Crippen molar-refractivity contribution in [3.63, 3.8) is 0 Å². The molecule has 2 N–H and O–H groups in total. The Morgan fingerprint density at radius 2 is 2.38 bits per heavy atom. The quantitative estimate of drug-likeness (QED) is 0.632. The number of carbonyl (C=O) groups is 1. The molecule has 1 rings (SSSR count). The molecule has 0 radical (unpaired) electrons. The van der Waals surface area contributed by atoms with Crippen molar-refractivity contribution in [2.75, 3.05) is 13.1 Å². The number of nitrogens with one attached hydrogen (secondary N) is 2. The molecule has 1 unspecified atom stereocenters. The fourth-order valence-electron chi connectivity index (χ4n) is 1.44. The number of likely N-dealkylation sites (N-methyl/N-ethyl adjacent to an activating group) is 1. The van der Waals surface area contributed by atoms with Crippen molar-refractivity contribution in [3.8, 4) is 0 Å². The highest BCUT2D eigenvalue weighted by molar-refractivity contribution is 5.78. The molecule has 13 heavy (non-hydrogen) atoms. The lowest BCUT2D eigenvalue weighted by molar-refractivity contribution is -0.120. The lowest BCUT2D eigenvalue weighted by Crippen LogP contribution is -2.40. The minimum atomic E-state index is 0.113. The smallest absolute Gasteiger partial charge is 0.234 e. The second-order valence-corrected chi connectivity index (χ2v) is 3.33. The maximum absolute atomic E-state index is 11.3. The molecule has 3 heteroatoms. The molecule has 74 valence electrons. The van der Waals surface area contributed by atoms with Gasteiger partial charge in [0.05, 0.1) is 6.54 Å². The van der Waals surface area contributed by atoms with E-state index in [4.69, 9.17) is 0 Å². The minimum Gasteiger partial charge on any atom is -0.352 e. The summed E-state index contributed by atoms with van der Waals surface area (Å²) in [5.41, 5.74) is 0. The van der Waals surface area contributed by atoms with Crippen molar-refractivity contribution < 1.29 is 4.79 Å². The van der Waals surface area contributed by atoms with E-state index in [-0.39, 0.29) is 5.91 Å². The molecule has 0 aromatic heterocycles. The van der Waals surface area contributed by atoms with Gasteiger partial charge in [-0.15, -0.1) is 0 Å². The van der Waals surface area contributed by atoms with Crippen LogP contribution in [-0.4, -0.2) is 25.0 Å². The highest BCUT2D eigenvalue weighted by Crippen LogP contribution is 2.09. The first kappa shape index (κ1) is 10.3. The highest BCUT2D eigenvalue weighted by Gasteiger charge is 2.11. The van der Waals surface area contributed by atoms with Gasteiger partial charge >= 0.3 is 0 Å². The summed E-state index contributed by atoms with van der Waals surface area (Å²) in [4.78, 5) is 11.3. The van der Waals surface area contributed by atoms with Crippen molar-refractivity contribution in [2.45, 2.75) is 32.2 Å². The van der Waals surface area contributed by atoms with Crippen molar-refractivity contribution in [2.24, 2.45) is 0 Å². The largest absolute Gasteiger partial charge is 0.352 e. The van der Waals surface area contributed by atoms with Gasteiger partial charge in [0.1, 0.15) is 0 Å². The Balaban J connectivity index is 2.15. The molecule has 1 aliphatic rings. The van der Waals surface area contributed by atoms with Crippen molar-refractivity contribution >= 4 is 5.91 Å². The van der Waals surface area contributed by atoms with Gasteiger partial charge in [-0.2, -0.15) is 0 Å². The summed E-state index contributed by atoms with van der Waals surface area (Å²) in [6, 6.07) is 0.358. The molecular weight excluding hydrogens is 164 g/mol. The third kappa shape index (κ3) is 4.08. The van der Waals surface area contributed by atoms with Crippen LogP contribution in [0.15, 0.2) is 12.2 Å². The number of amides is 1. The van der Waals surface area contributed by atoms with Crippen molar-refractivity contribution in [1.29, 1.82) is 0 Å². The maximum Gasteiger partial charge on any atom is 0.234 e. The lowest BCUT2D eigenvalue weighted by Gasteiger charge is -2.19. The van der Waals surface area contributed by atoms with Gasteiger partial charge in [0.25, 0.3) is 0 Å². The van der Waals surface area contributed by atoms with Gasteiger partial charge in [-0.3, -0.25) is 4.79 Å². The monoisotopic (exact) mass is 182 g/mol. The highest BCUT2D eigenvalue weighted by atomic mass is 16.1. The Morgan fingerprint density at radius 3 is 3.00 bits per heavy atom. The SMILES string of the molecule is CCNCC(=O)NC1CC=CCC1. The van der Waals surface area contributed by atoms with Crippen LogP contribution in [0.5, 0.6) is 0 Å². The first-order valence-electron chi connectivity index (χ1n) is 4.98. The molecule has 0 fully saturated rings. The molecule has 0 aliphatic heterocycles. The Kier molecular flexibility index (Phi) is 4.54. The van der Waals surface area contributed by atoms with Crippen LogP contribution in [0.25, 0.3) is 0 Å². The number of carbonyl (C=O) groups excluding carboxylic acids is 1. The van der Waals surface area contributed by atoms with Gasteiger partial charge in [0.15, 0.2) is 0 Å². The number of hydrogen-bond acceptors (Lipinski definition) is 2. The molecule has 0 saturated carbocycles. The Hall–Kier alpha value is -0.830. The Bertz CT molecular complexity index is 189. The van der Waals surface area contributed by atoms with E-state index in [1.165, 1.54) is 0 Å². The molecule has 0 aromatic carbocycles. The summed E-state index contributed by atoms with van der Waals surface area (Å²) >= 11 is 0. The second-order valence-electron chi connectivity index (χ2n) is 3.33. The number of rotatable bonds is 4. The van der Waals surface area contributed by atoms with Crippen LogP contribution >= 0.6 is 0 Å². The van der Waals surface area contributed by atoms with E-state index >= 15 is 0 Å². The van der Waals surface area contributed by atoms with Crippen LogP contribution in [0.2, 0.25) is 0 Å². The van der Waals surface area contributed by atoms with Crippen molar-refractivity contribution in [3.05, 3.63) is 12.2 Å². The van der Waals surface area contributed by atoms with E-state index in [1.807, 2.05) is 6.92 Å². The summed E-state index contributed by atoms with van der Waals surface area (Å²) in [7, 11) is 0. The maximum atomic E-state index is 11.3. The van der Waals surface area contributed by atoms with Crippen LogP contribution in [0.3, 0.4) is 0 Å². The van der Waals surface area contributed by atoms with Gasteiger partial charge in [-0.05, 0) is 25.8 Å². The van der Waals surface area contributed by atoms with Gasteiger partial charge in [-0.1, -0.05) is 19.1 Å². The summed E-state index contributed by atoms with van der Waals surface area (Å²) < 4.78 is 0. The van der Waals surface area contributed by atoms with Crippen LogP contribution in [0.4, 0.5) is 0 Å². The fourth-order valence-corrected chi connectivity index (χ4v) is 1.44. The average molecular weight is 182 g/mol. The minimum absolute atomic E-state index is 0.113. The third-order valence-electron chi connectivity index (χ3n) is 2.17. The molecule has 0 spiro atoms. The van der Waals surface area contributed by atoms with E-state index in [2.05, 4.69) is 22.8 Å². The van der Waals surface area contributed by atoms with Crippen LogP contribution in [0.1, 0.15) is 26.2 Å². The van der Waals surface area contributed by atoms with Gasteiger partial charge < -0.3 is 10.6 Å². The van der Waals surface area contributed by atoms with E-state index in [0.717, 1.165) is 25.8 Å². The predicted octanol–water partition coefficient (Wildman–Crippen LogP) is 0.821. The first-order valence-corrected chi connectivity index (χ1v) is 4.98. The molecule has 1 atom stereocenters. The zero-order chi connectivity index (χ0) is 9.52. The van der Waals surface area contributed by atoms with Gasteiger partial charge in [0.2, 0.25) is 5.91 Å². The molecule has 1 amide bonds. The first-order chi connectivity index (χ1) is 6.33. The topological polar surface area (TPSA) is 41.1 Å². The van der Waals surface area contributed by atoms with Crippen LogP contribution in [-0.2, 0) is 4.79 Å².